The fourth-order valence-corrected chi connectivity index (χ4v) is 8.14. The van der Waals surface area contributed by atoms with Crippen molar-refractivity contribution in [3.05, 3.63) is 0 Å². The number of ketones is 3. The van der Waals surface area contributed by atoms with Gasteiger partial charge in [0.1, 0.15) is 17.3 Å². The zero-order chi connectivity index (χ0) is 20.4. The molecule has 8 atom stereocenters. The monoisotopic (exact) mass is 388 g/mol. The minimum absolute atomic E-state index is 0.0284. The highest BCUT2D eigenvalue weighted by atomic mass is 16.7. The molecule has 28 heavy (non-hydrogen) atoms. The molecule has 5 aliphatic rings. The van der Waals surface area contributed by atoms with Crippen LogP contribution >= 0.6 is 0 Å². The van der Waals surface area contributed by atoms with E-state index in [-0.39, 0.29) is 52.7 Å². The molecular weight excluding hydrogens is 356 g/mol. The second-order valence-corrected chi connectivity index (χ2v) is 11.4. The number of carbonyl (C=O) groups is 3. The SMILES string of the molecule is C[C@@H]1C(=O)[C@@]23[C@@H]4OC(C)(C)O[C@@H]2C[C@@H]2C(C)(C)CCC(=O)[C@@]2(C)[C@H]3C(=O)C[C@H]14. The molecule has 0 unspecified atom stereocenters. The van der Waals surface area contributed by atoms with Gasteiger partial charge >= 0.3 is 0 Å². The first kappa shape index (κ1) is 18.9. The van der Waals surface area contributed by atoms with Gasteiger partial charge < -0.3 is 9.47 Å². The molecule has 1 heterocycles. The van der Waals surface area contributed by atoms with Crippen LogP contribution in [0.4, 0.5) is 0 Å². The van der Waals surface area contributed by atoms with Crippen LogP contribution in [0.15, 0.2) is 0 Å². The van der Waals surface area contributed by atoms with Gasteiger partial charge in [0, 0.05) is 36.0 Å². The van der Waals surface area contributed by atoms with Crippen molar-refractivity contribution in [3.63, 3.8) is 0 Å². The molecular formula is C23H32O5. The van der Waals surface area contributed by atoms with E-state index in [0.717, 1.165) is 6.42 Å². The summed E-state index contributed by atoms with van der Waals surface area (Å²) in [5, 5.41) is 0. The first-order valence-corrected chi connectivity index (χ1v) is 10.8. The molecule has 1 spiro atoms. The average molecular weight is 389 g/mol. The Hall–Kier alpha value is -1.07. The summed E-state index contributed by atoms with van der Waals surface area (Å²) in [5.74, 6) is -1.39. The standard InChI is InChI=1S/C23H32O5/c1-11-12-9-13(24)17-22(6)14(20(2,3)8-7-15(22)25)10-16-23(17,18(11)26)19(12)28-21(4,5)27-16/h11-12,14,16-17,19H,7-10H2,1-6H3/t11-,12+,14+,16+,17+,19+,22-,23+/m0/s1. The van der Waals surface area contributed by atoms with E-state index in [0.29, 0.717) is 19.3 Å². The number of fused-ring (bicyclic) bond motifs is 2. The van der Waals surface area contributed by atoms with Gasteiger partial charge in [-0.25, -0.2) is 0 Å². The molecule has 0 N–H and O–H groups in total. The highest BCUT2D eigenvalue weighted by molar-refractivity contribution is 6.04. The summed E-state index contributed by atoms with van der Waals surface area (Å²) in [4.78, 5) is 40.7. The molecule has 4 aliphatic carbocycles. The Morgan fingerprint density at radius 2 is 1.68 bits per heavy atom. The van der Waals surface area contributed by atoms with E-state index in [1.165, 1.54) is 0 Å². The molecule has 5 heteroatoms. The first-order valence-electron chi connectivity index (χ1n) is 10.8. The smallest absolute Gasteiger partial charge is 0.163 e. The molecule has 1 aliphatic heterocycles. The number of hydrogen-bond acceptors (Lipinski definition) is 5. The summed E-state index contributed by atoms with van der Waals surface area (Å²) < 4.78 is 12.8. The predicted octanol–water partition coefficient (Wildman–Crippen LogP) is 3.33. The van der Waals surface area contributed by atoms with Crippen LogP contribution in [-0.4, -0.2) is 35.3 Å². The van der Waals surface area contributed by atoms with Crippen LogP contribution in [0.1, 0.15) is 67.2 Å². The quantitative estimate of drug-likeness (QED) is 0.637. The third kappa shape index (κ3) is 1.89. The Morgan fingerprint density at radius 3 is 2.36 bits per heavy atom. The van der Waals surface area contributed by atoms with Gasteiger partial charge in [0.15, 0.2) is 5.79 Å². The Kier molecular flexibility index (Phi) is 3.48. The van der Waals surface area contributed by atoms with E-state index in [1.807, 2.05) is 27.7 Å². The fourth-order valence-electron chi connectivity index (χ4n) is 8.14. The van der Waals surface area contributed by atoms with E-state index in [9.17, 15) is 14.4 Å². The number of carbonyl (C=O) groups excluding carboxylic acids is 3. The largest absolute Gasteiger partial charge is 0.346 e. The second-order valence-electron chi connectivity index (χ2n) is 11.4. The van der Waals surface area contributed by atoms with Crippen LogP contribution in [0, 0.1) is 39.9 Å². The van der Waals surface area contributed by atoms with Crippen molar-refractivity contribution in [2.24, 2.45) is 39.9 Å². The topological polar surface area (TPSA) is 69.7 Å². The van der Waals surface area contributed by atoms with Gasteiger partial charge in [-0.2, -0.15) is 0 Å². The Morgan fingerprint density at radius 1 is 1.00 bits per heavy atom. The van der Waals surface area contributed by atoms with Crippen LogP contribution in [-0.2, 0) is 23.9 Å². The molecule has 0 aromatic heterocycles. The Bertz CT molecular complexity index is 797. The van der Waals surface area contributed by atoms with Crippen molar-refractivity contribution in [3.8, 4) is 0 Å². The van der Waals surface area contributed by atoms with Crippen molar-refractivity contribution in [1.82, 2.24) is 0 Å². The fraction of sp³-hybridized carbons (Fsp3) is 0.870. The third-order valence-electron chi connectivity index (χ3n) is 9.26. The summed E-state index contributed by atoms with van der Waals surface area (Å²) in [5.41, 5.74) is -1.88. The van der Waals surface area contributed by atoms with Gasteiger partial charge in [0.2, 0.25) is 0 Å². The van der Waals surface area contributed by atoms with Crippen molar-refractivity contribution >= 4 is 17.3 Å². The maximum atomic E-state index is 13.8. The number of Topliss-reactive ketones (excluding diaryl/α,β-unsaturated/α-hetero) is 3. The number of hydrogen-bond donors (Lipinski definition) is 0. The second kappa shape index (κ2) is 5.15. The zero-order valence-corrected chi connectivity index (χ0v) is 17.8. The first-order chi connectivity index (χ1) is 12.9. The van der Waals surface area contributed by atoms with E-state index < -0.39 is 22.5 Å². The highest BCUT2D eigenvalue weighted by Gasteiger charge is 2.81. The molecule has 5 rings (SSSR count). The van der Waals surface area contributed by atoms with Crippen LogP contribution in [0.25, 0.3) is 0 Å². The maximum Gasteiger partial charge on any atom is 0.163 e. The molecule has 5 fully saturated rings. The number of rotatable bonds is 0. The molecule has 0 radical (unpaired) electrons. The lowest BCUT2D eigenvalue weighted by Gasteiger charge is -2.67. The predicted molar refractivity (Wildman–Crippen MR) is 101 cm³/mol. The van der Waals surface area contributed by atoms with Crippen LogP contribution in [0.3, 0.4) is 0 Å². The van der Waals surface area contributed by atoms with E-state index >= 15 is 0 Å². The average Bonchev–Trinajstić information content (AvgIpc) is 2.72. The van der Waals surface area contributed by atoms with Crippen molar-refractivity contribution < 1.29 is 23.9 Å². The van der Waals surface area contributed by atoms with Gasteiger partial charge in [0.05, 0.1) is 17.6 Å². The van der Waals surface area contributed by atoms with Gasteiger partial charge in [0.25, 0.3) is 0 Å². The summed E-state index contributed by atoms with van der Waals surface area (Å²) in [6.45, 7) is 12.1. The van der Waals surface area contributed by atoms with Crippen LogP contribution < -0.4 is 0 Å². The minimum atomic E-state index is -0.997. The van der Waals surface area contributed by atoms with Crippen molar-refractivity contribution in [2.75, 3.05) is 0 Å². The minimum Gasteiger partial charge on any atom is -0.346 e. The third-order valence-corrected chi connectivity index (χ3v) is 9.26. The van der Waals surface area contributed by atoms with Crippen LogP contribution in [0.5, 0.6) is 0 Å². The van der Waals surface area contributed by atoms with Gasteiger partial charge in [-0.1, -0.05) is 27.7 Å². The lowest BCUT2D eigenvalue weighted by molar-refractivity contribution is -0.370. The van der Waals surface area contributed by atoms with Gasteiger partial charge in [-0.3, -0.25) is 14.4 Å². The van der Waals surface area contributed by atoms with Crippen LogP contribution in [0.2, 0.25) is 0 Å². The molecule has 1 saturated heterocycles. The van der Waals surface area contributed by atoms with E-state index in [1.54, 1.807) is 0 Å². The summed E-state index contributed by atoms with van der Waals surface area (Å²) in [6, 6.07) is 0. The molecule has 5 nitrogen and oxygen atoms in total. The van der Waals surface area contributed by atoms with E-state index in [4.69, 9.17) is 9.47 Å². The molecule has 154 valence electrons. The Balaban J connectivity index is 1.78. The van der Waals surface area contributed by atoms with Gasteiger partial charge in [-0.05, 0) is 38.0 Å². The lowest BCUT2D eigenvalue weighted by Crippen LogP contribution is -2.75. The van der Waals surface area contributed by atoms with Crippen molar-refractivity contribution in [1.29, 1.82) is 0 Å². The molecule has 0 amide bonds. The molecule has 4 saturated carbocycles. The number of ether oxygens (including phenoxy) is 2. The molecule has 2 bridgehead atoms. The highest BCUT2D eigenvalue weighted by Crippen LogP contribution is 2.72. The Labute approximate surface area is 166 Å². The summed E-state index contributed by atoms with van der Waals surface area (Å²) >= 11 is 0. The zero-order valence-electron chi connectivity index (χ0n) is 17.8. The summed E-state index contributed by atoms with van der Waals surface area (Å²) in [7, 11) is 0. The molecule has 0 aromatic carbocycles. The van der Waals surface area contributed by atoms with Gasteiger partial charge in [-0.15, -0.1) is 0 Å². The normalized spacial score (nSPS) is 53.6. The van der Waals surface area contributed by atoms with Crippen molar-refractivity contribution in [2.45, 2.75) is 85.2 Å². The summed E-state index contributed by atoms with van der Waals surface area (Å²) in [6.07, 6.45) is 1.59. The lowest BCUT2D eigenvalue weighted by atomic mass is 9.39. The molecule has 0 aromatic rings. The van der Waals surface area contributed by atoms with E-state index in [2.05, 4.69) is 13.8 Å². The maximum absolute atomic E-state index is 13.8.